The molecule has 1 amide bonds. The van der Waals surface area contributed by atoms with Crippen LogP contribution in [0.3, 0.4) is 0 Å². The molecule has 0 spiro atoms. The van der Waals surface area contributed by atoms with E-state index >= 15 is 0 Å². The van der Waals surface area contributed by atoms with Gasteiger partial charge in [0.15, 0.2) is 5.65 Å². The van der Waals surface area contributed by atoms with Crippen LogP contribution in [0.2, 0.25) is 0 Å². The Morgan fingerprint density at radius 1 is 1.23 bits per heavy atom. The molecule has 9 heteroatoms. The highest BCUT2D eigenvalue weighted by atomic mass is 16.2. The SMILES string of the molecule is Cc1cc(C)n(C(C)C(=O)N2CCN(c3nc4ncncc4[nH]3)CC2)n1. The summed E-state index contributed by atoms with van der Waals surface area (Å²) in [5.74, 6) is 0.880. The number of piperazine rings is 1. The fourth-order valence-electron chi connectivity index (χ4n) is 3.44. The van der Waals surface area contributed by atoms with Gasteiger partial charge in [-0.05, 0) is 26.8 Å². The smallest absolute Gasteiger partial charge is 0.247 e. The third kappa shape index (κ3) is 2.89. The van der Waals surface area contributed by atoms with E-state index in [4.69, 9.17) is 0 Å². The van der Waals surface area contributed by atoms with E-state index in [9.17, 15) is 4.79 Å². The molecule has 3 aromatic heterocycles. The van der Waals surface area contributed by atoms with Gasteiger partial charge in [0.25, 0.3) is 0 Å². The van der Waals surface area contributed by atoms with Crippen molar-refractivity contribution in [3.63, 3.8) is 0 Å². The fourth-order valence-corrected chi connectivity index (χ4v) is 3.44. The maximum atomic E-state index is 12.8. The normalized spacial score (nSPS) is 16.3. The molecule has 9 nitrogen and oxygen atoms in total. The first kappa shape index (κ1) is 16.5. The Kier molecular flexibility index (Phi) is 4.06. The second-order valence-corrected chi connectivity index (χ2v) is 6.68. The van der Waals surface area contributed by atoms with E-state index in [2.05, 4.69) is 29.9 Å². The lowest BCUT2D eigenvalue weighted by atomic mass is 10.2. The van der Waals surface area contributed by atoms with Crippen molar-refractivity contribution < 1.29 is 4.79 Å². The molecule has 1 N–H and O–H groups in total. The summed E-state index contributed by atoms with van der Waals surface area (Å²) in [5.41, 5.74) is 3.41. The number of aromatic amines is 1. The summed E-state index contributed by atoms with van der Waals surface area (Å²) in [6, 6.07) is 1.70. The molecule has 1 aliphatic rings. The van der Waals surface area contributed by atoms with Crippen LogP contribution in [0.25, 0.3) is 11.2 Å². The van der Waals surface area contributed by atoms with Gasteiger partial charge in [0, 0.05) is 31.9 Å². The maximum absolute atomic E-state index is 12.8. The number of amides is 1. The first-order valence-corrected chi connectivity index (χ1v) is 8.75. The minimum Gasteiger partial charge on any atom is -0.339 e. The van der Waals surface area contributed by atoms with E-state index in [0.29, 0.717) is 18.7 Å². The monoisotopic (exact) mass is 354 g/mol. The minimum absolute atomic E-state index is 0.103. The van der Waals surface area contributed by atoms with Crippen LogP contribution >= 0.6 is 0 Å². The van der Waals surface area contributed by atoms with Crippen LogP contribution in [-0.4, -0.2) is 66.7 Å². The number of aromatic nitrogens is 6. The fraction of sp³-hybridized carbons (Fsp3) is 0.471. The number of carbonyl (C=O) groups is 1. The Balaban J connectivity index is 1.42. The molecule has 4 heterocycles. The summed E-state index contributed by atoms with van der Waals surface area (Å²) in [6.07, 6.45) is 3.21. The lowest BCUT2D eigenvalue weighted by Gasteiger charge is -2.35. The molecule has 1 atom stereocenters. The topological polar surface area (TPSA) is 95.8 Å². The van der Waals surface area contributed by atoms with E-state index < -0.39 is 0 Å². The molecule has 136 valence electrons. The first-order valence-electron chi connectivity index (χ1n) is 8.75. The summed E-state index contributed by atoms with van der Waals surface area (Å²) >= 11 is 0. The molecular formula is C17H22N8O. The number of nitrogens with one attached hydrogen (secondary N) is 1. The minimum atomic E-state index is -0.295. The second kappa shape index (κ2) is 6.40. The first-order chi connectivity index (χ1) is 12.5. The Morgan fingerprint density at radius 2 is 2.00 bits per heavy atom. The van der Waals surface area contributed by atoms with Crippen molar-refractivity contribution >= 4 is 23.0 Å². The van der Waals surface area contributed by atoms with E-state index in [1.54, 1.807) is 6.20 Å². The van der Waals surface area contributed by atoms with E-state index in [1.165, 1.54) is 6.33 Å². The summed E-state index contributed by atoms with van der Waals surface area (Å²) in [7, 11) is 0. The molecule has 1 unspecified atom stereocenters. The predicted molar refractivity (Wildman–Crippen MR) is 96.9 cm³/mol. The standard InChI is InChI=1S/C17H22N8O/c1-11-8-12(2)25(22-11)13(3)16(26)23-4-6-24(7-5-23)17-20-14-9-18-10-19-15(14)21-17/h8-10,13H,4-7H2,1-3H3,(H,18,19,20,21). The van der Waals surface area contributed by atoms with Crippen molar-refractivity contribution in [1.82, 2.24) is 34.6 Å². The summed E-state index contributed by atoms with van der Waals surface area (Å²) in [5, 5.41) is 4.44. The summed E-state index contributed by atoms with van der Waals surface area (Å²) < 4.78 is 1.81. The van der Waals surface area contributed by atoms with E-state index in [-0.39, 0.29) is 11.9 Å². The number of H-pyrrole nitrogens is 1. The van der Waals surface area contributed by atoms with Crippen molar-refractivity contribution in [2.45, 2.75) is 26.8 Å². The van der Waals surface area contributed by atoms with Gasteiger partial charge in [0.05, 0.1) is 11.9 Å². The molecule has 0 saturated carbocycles. The van der Waals surface area contributed by atoms with E-state index in [0.717, 1.165) is 35.9 Å². The van der Waals surface area contributed by atoms with Gasteiger partial charge in [-0.15, -0.1) is 0 Å². The van der Waals surface area contributed by atoms with Gasteiger partial charge >= 0.3 is 0 Å². The third-order valence-corrected chi connectivity index (χ3v) is 4.81. The summed E-state index contributed by atoms with van der Waals surface area (Å²) in [4.78, 5) is 32.8. The predicted octanol–water partition coefficient (Wildman–Crippen LogP) is 1.08. The Bertz CT molecular complexity index is 904. The molecule has 0 aliphatic carbocycles. The van der Waals surface area contributed by atoms with Gasteiger partial charge in [-0.25, -0.2) is 9.97 Å². The lowest BCUT2D eigenvalue weighted by molar-refractivity contribution is -0.134. The van der Waals surface area contributed by atoms with Crippen molar-refractivity contribution in [2.24, 2.45) is 0 Å². The molecule has 1 aliphatic heterocycles. The number of anilines is 1. The van der Waals surface area contributed by atoms with Crippen LogP contribution in [0.5, 0.6) is 0 Å². The molecule has 26 heavy (non-hydrogen) atoms. The van der Waals surface area contributed by atoms with Crippen molar-refractivity contribution in [3.05, 3.63) is 30.0 Å². The number of aryl methyl sites for hydroxylation is 2. The van der Waals surface area contributed by atoms with Crippen molar-refractivity contribution in [1.29, 1.82) is 0 Å². The largest absolute Gasteiger partial charge is 0.339 e. The van der Waals surface area contributed by atoms with Crippen LogP contribution in [0.4, 0.5) is 5.95 Å². The molecule has 4 rings (SSSR count). The molecule has 3 aromatic rings. The average molecular weight is 354 g/mol. The van der Waals surface area contributed by atoms with Gasteiger partial charge in [0.1, 0.15) is 17.9 Å². The number of hydrogen-bond donors (Lipinski definition) is 1. The van der Waals surface area contributed by atoms with Gasteiger partial charge in [-0.1, -0.05) is 0 Å². The van der Waals surface area contributed by atoms with Crippen LogP contribution in [0.1, 0.15) is 24.4 Å². The number of fused-ring (bicyclic) bond motifs is 1. The van der Waals surface area contributed by atoms with Gasteiger partial charge in [-0.2, -0.15) is 10.1 Å². The zero-order valence-corrected chi connectivity index (χ0v) is 15.2. The Hall–Kier alpha value is -2.97. The number of carbonyl (C=O) groups excluding carboxylic acids is 1. The second-order valence-electron chi connectivity index (χ2n) is 6.68. The number of imidazole rings is 1. The highest BCUT2D eigenvalue weighted by Crippen LogP contribution is 2.19. The van der Waals surface area contributed by atoms with Crippen LogP contribution < -0.4 is 4.90 Å². The zero-order valence-electron chi connectivity index (χ0n) is 15.2. The molecule has 0 bridgehead atoms. The van der Waals surface area contributed by atoms with Crippen molar-refractivity contribution in [3.8, 4) is 0 Å². The van der Waals surface area contributed by atoms with E-state index in [1.807, 2.05) is 36.4 Å². The van der Waals surface area contributed by atoms with Crippen LogP contribution in [0.15, 0.2) is 18.6 Å². The quantitative estimate of drug-likeness (QED) is 0.756. The van der Waals surface area contributed by atoms with Gasteiger partial charge in [-0.3, -0.25) is 9.48 Å². The highest BCUT2D eigenvalue weighted by molar-refractivity contribution is 5.80. The highest BCUT2D eigenvalue weighted by Gasteiger charge is 2.28. The molecule has 0 aromatic carbocycles. The third-order valence-electron chi connectivity index (χ3n) is 4.81. The number of nitrogens with zero attached hydrogens (tertiary/aromatic N) is 7. The average Bonchev–Trinajstić information content (AvgIpc) is 3.23. The Labute approximate surface area is 151 Å². The Morgan fingerprint density at radius 3 is 2.65 bits per heavy atom. The number of rotatable bonds is 3. The van der Waals surface area contributed by atoms with Crippen LogP contribution in [-0.2, 0) is 4.79 Å². The van der Waals surface area contributed by atoms with Crippen molar-refractivity contribution in [2.75, 3.05) is 31.1 Å². The zero-order chi connectivity index (χ0) is 18.3. The molecular weight excluding hydrogens is 332 g/mol. The summed E-state index contributed by atoms with van der Waals surface area (Å²) in [6.45, 7) is 8.59. The molecule has 0 radical (unpaired) electrons. The van der Waals surface area contributed by atoms with Gasteiger partial charge < -0.3 is 14.8 Å². The molecule has 1 saturated heterocycles. The van der Waals surface area contributed by atoms with Crippen LogP contribution in [0, 0.1) is 13.8 Å². The lowest BCUT2D eigenvalue weighted by Crippen LogP contribution is -2.50. The number of hydrogen-bond acceptors (Lipinski definition) is 6. The maximum Gasteiger partial charge on any atom is 0.247 e. The molecule has 1 fully saturated rings. The van der Waals surface area contributed by atoms with Gasteiger partial charge in [0.2, 0.25) is 11.9 Å².